The van der Waals surface area contributed by atoms with Gasteiger partial charge < -0.3 is 9.47 Å². The zero-order valence-electron chi connectivity index (χ0n) is 10.2. The molecule has 0 bridgehead atoms. The lowest BCUT2D eigenvalue weighted by Gasteiger charge is -2.04. The molecule has 0 amide bonds. The molecule has 7 heteroatoms. The fourth-order valence-corrected chi connectivity index (χ4v) is 0.713. The van der Waals surface area contributed by atoms with Crippen LogP contribution < -0.4 is 0 Å². The molecule has 7 nitrogen and oxygen atoms in total. The standard InChI is InChI=1S/C11H18O7/c1-3-5-13-7-9-15-17-11(12)18-16-10-8-14-6-4-2/h3-4H,1-2,5-10H2. The van der Waals surface area contributed by atoms with Crippen molar-refractivity contribution >= 4 is 6.16 Å². The average molecular weight is 262 g/mol. The molecule has 0 aromatic heterocycles. The number of carbonyl (C=O) groups is 1. The van der Waals surface area contributed by atoms with Crippen molar-refractivity contribution in [2.45, 2.75) is 0 Å². The highest BCUT2D eigenvalue weighted by Gasteiger charge is 2.06. The Morgan fingerprint density at radius 1 is 0.833 bits per heavy atom. The number of hydrogen-bond donors (Lipinski definition) is 0. The lowest BCUT2D eigenvalue weighted by atomic mass is 10.7. The van der Waals surface area contributed by atoms with Gasteiger partial charge in [0, 0.05) is 0 Å². The van der Waals surface area contributed by atoms with Gasteiger partial charge in [-0.15, -0.1) is 13.2 Å². The summed E-state index contributed by atoms with van der Waals surface area (Å²) >= 11 is 0. The Bertz CT molecular complexity index is 207. The van der Waals surface area contributed by atoms with Crippen molar-refractivity contribution in [3.8, 4) is 0 Å². The highest BCUT2D eigenvalue weighted by atomic mass is 17.3. The molecule has 0 heterocycles. The summed E-state index contributed by atoms with van der Waals surface area (Å²) in [6, 6.07) is 0. The van der Waals surface area contributed by atoms with Gasteiger partial charge >= 0.3 is 6.16 Å². The summed E-state index contributed by atoms with van der Waals surface area (Å²) in [5.41, 5.74) is 0. The fourth-order valence-electron chi connectivity index (χ4n) is 0.713. The van der Waals surface area contributed by atoms with Crippen LogP contribution in [0.5, 0.6) is 0 Å². The van der Waals surface area contributed by atoms with Crippen LogP contribution in [0.25, 0.3) is 0 Å². The van der Waals surface area contributed by atoms with Crippen LogP contribution in [0.2, 0.25) is 0 Å². The normalized spacial score (nSPS) is 9.78. The minimum Gasteiger partial charge on any atom is -0.375 e. The summed E-state index contributed by atoms with van der Waals surface area (Å²) < 4.78 is 9.94. The van der Waals surface area contributed by atoms with E-state index in [2.05, 4.69) is 32.7 Å². The van der Waals surface area contributed by atoms with Crippen LogP contribution in [0, 0.1) is 0 Å². The second-order valence-corrected chi connectivity index (χ2v) is 2.79. The molecule has 0 aliphatic heterocycles. The molecule has 0 spiro atoms. The minimum atomic E-state index is -1.09. The van der Waals surface area contributed by atoms with Crippen molar-refractivity contribution < 1.29 is 33.8 Å². The van der Waals surface area contributed by atoms with Crippen LogP contribution in [-0.2, 0) is 29.0 Å². The molecule has 0 atom stereocenters. The molecule has 0 rings (SSSR count). The summed E-state index contributed by atoms with van der Waals surface area (Å²) in [5, 5.41) is 0. The largest absolute Gasteiger partial charge is 0.573 e. The summed E-state index contributed by atoms with van der Waals surface area (Å²) in [5.74, 6) is 0. The van der Waals surface area contributed by atoms with Crippen LogP contribution in [0.15, 0.2) is 25.3 Å². The maximum absolute atomic E-state index is 10.8. The molecule has 0 aliphatic rings. The first-order valence-corrected chi connectivity index (χ1v) is 5.31. The van der Waals surface area contributed by atoms with E-state index < -0.39 is 6.16 Å². The quantitative estimate of drug-likeness (QED) is 0.228. The molecular weight excluding hydrogens is 244 g/mol. The van der Waals surface area contributed by atoms with Crippen molar-refractivity contribution in [3.63, 3.8) is 0 Å². The summed E-state index contributed by atoms with van der Waals surface area (Å²) in [6.07, 6.45) is 2.09. The van der Waals surface area contributed by atoms with Gasteiger partial charge in [0.1, 0.15) is 13.2 Å². The van der Waals surface area contributed by atoms with Gasteiger partial charge in [0.2, 0.25) is 0 Å². The molecule has 0 saturated carbocycles. The third-order valence-electron chi connectivity index (χ3n) is 1.35. The third kappa shape index (κ3) is 12.7. The molecule has 104 valence electrons. The van der Waals surface area contributed by atoms with Crippen molar-refractivity contribution in [1.29, 1.82) is 0 Å². The molecular formula is C11H18O7. The molecule has 0 N–H and O–H groups in total. The van der Waals surface area contributed by atoms with Crippen LogP contribution in [0.4, 0.5) is 4.79 Å². The third-order valence-corrected chi connectivity index (χ3v) is 1.35. The highest BCUT2D eigenvalue weighted by molar-refractivity contribution is 5.58. The zero-order chi connectivity index (χ0) is 13.5. The summed E-state index contributed by atoms with van der Waals surface area (Å²) in [7, 11) is 0. The molecule has 18 heavy (non-hydrogen) atoms. The average Bonchev–Trinajstić information content (AvgIpc) is 2.38. The Kier molecular flexibility index (Phi) is 12.6. The van der Waals surface area contributed by atoms with Gasteiger partial charge in [0.25, 0.3) is 0 Å². The zero-order valence-corrected chi connectivity index (χ0v) is 10.2. The first-order valence-electron chi connectivity index (χ1n) is 5.31. The van der Waals surface area contributed by atoms with Gasteiger partial charge in [-0.25, -0.2) is 0 Å². The fraction of sp³-hybridized carbons (Fsp3) is 0.545. The summed E-state index contributed by atoms with van der Waals surface area (Å²) in [6.45, 7) is 8.46. The number of rotatable bonds is 12. The Labute approximate surface area is 106 Å². The van der Waals surface area contributed by atoms with Gasteiger partial charge in [0.15, 0.2) is 0 Å². The lowest BCUT2D eigenvalue weighted by molar-refractivity contribution is -0.322. The van der Waals surface area contributed by atoms with Gasteiger partial charge in [0.05, 0.1) is 26.4 Å². The molecule has 0 aliphatic carbocycles. The molecule has 0 aromatic rings. The van der Waals surface area contributed by atoms with E-state index in [9.17, 15) is 4.79 Å². The van der Waals surface area contributed by atoms with E-state index in [0.717, 1.165) is 0 Å². The second kappa shape index (κ2) is 13.7. The molecule has 0 fully saturated rings. The minimum absolute atomic E-state index is 0.0887. The van der Waals surface area contributed by atoms with Crippen LogP contribution in [0.3, 0.4) is 0 Å². The van der Waals surface area contributed by atoms with Crippen molar-refractivity contribution in [1.82, 2.24) is 0 Å². The predicted molar refractivity (Wildman–Crippen MR) is 61.5 cm³/mol. The summed E-state index contributed by atoms with van der Waals surface area (Å²) in [4.78, 5) is 28.2. The predicted octanol–water partition coefficient (Wildman–Crippen LogP) is 1.41. The molecule has 0 unspecified atom stereocenters. The first-order chi connectivity index (χ1) is 8.81. The Balaban J connectivity index is 3.17. The number of ether oxygens (including phenoxy) is 2. The van der Waals surface area contributed by atoms with E-state index in [1.807, 2.05) is 0 Å². The van der Waals surface area contributed by atoms with Crippen LogP contribution >= 0.6 is 0 Å². The van der Waals surface area contributed by atoms with Crippen molar-refractivity contribution in [3.05, 3.63) is 25.3 Å². The first kappa shape index (κ1) is 16.6. The van der Waals surface area contributed by atoms with Gasteiger partial charge in [-0.3, -0.25) is 9.78 Å². The number of carbonyl (C=O) groups excluding carboxylic acids is 1. The monoisotopic (exact) mass is 262 g/mol. The Hall–Kier alpha value is -1.41. The maximum atomic E-state index is 10.8. The Morgan fingerprint density at radius 3 is 1.67 bits per heavy atom. The van der Waals surface area contributed by atoms with Gasteiger partial charge in [-0.2, -0.15) is 14.6 Å². The van der Waals surface area contributed by atoms with Crippen molar-refractivity contribution in [2.75, 3.05) is 39.6 Å². The van der Waals surface area contributed by atoms with E-state index in [1.54, 1.807) is 12.2 Å². The maximum Gasteiger partial charge on any atom is 0.573 e. The van der Waals surface area contributed by atoms with E-state index in [1.165, 1.54) is 0 Å². The van der Waals surface area contributed by atoms with Crippen LogP contribution in [-0.4, -0.2) is 45.8 Å². The van der Waals surface area contributed by atoms with Crippen molar-refractivity contribution in [2.24, 2.45) is 0 Å². The highest BCUT2D eigenvalue weighted by Crippen LogP contribution is 1.89. The number of hydrogen-bond acceptors (Lipinski definition) is 7. The van der Waals surface area contributed by atoms with Gasteiger partial charge in [-0.05, 0) is 0 Å². The smallest absolute Gasteiger partial charge is 0.375 e. The second-order valence-electron chi connectivity index (χ2n) is 2.79. The van der Waals surface area contributed by atoms with E-state index in [0.29, 0.717) is 13.2 Å². The SMILES string of the molecule is C=CCOCCOOC(=O)OOCCOCC=C. The van der Waals surface area contributed by atoms with E-state index >= 15 is 0 Å². The van der Waals surface area contributed by atoms with Gasteiger partial charge in [-0.1, -0.05) is 12.2 Å². The van der Waals surface area contributed by atoms with E-state index in [4.69, 9.17) is 9.47 Å². The van der Waals surface area contributed by atoms with Crippen LogP contribution in [0.1, 0.15) is 0 Å². The molecule has 0 radical (unpaired) electrons. The molecule has 0 aromatic carbocycles. The topological polar surface area (TPSA) is 72.5 Å². The Morgan fingerprint density at radius 2 is 1.28 bits per heavy atom. The lowest BCUT2D eigenvalue weighted by Crippen LogP contribution is -2.13. The molecule has 0 saturated heterocycles. The van der Waals surface area contributed by atoms with E-state index in [-0.39, 0.29) is 26.4 Å².